The summed E-state index contributed by atoms with van der Waals surface area (Å²) in [4.78, 5) is 14.5. The third kappa shape index (κ3) is 2.82. The number of carbonyl (C=O) groups excluding carboxylic acids is 1. The molecule has 5 nitrogen and oxygen atoms in total. The molecule has 0 radical (unpaired) electrons. The number of hydrogen-bond acceptors (Lipinski definition) is 3. The molecule has 0 saturated heterocycles. The van der Waals surface area contributed by atoms with E-state index in [1.807, 2.05) is 33.0 Å². The second-order valence-corrected chi connectivity index (χ2v) is 4.85. The van der Waals surface area contributed by atoms with Gasteiger partial charge in [-0.3, -0.25) is 9.48 Å². The Morgan fingerprint density at radius 1 is 1.35 bits per heavy atom. The van der Waals surface area contributed by atoms with E-state index >= 15 is 0 Å². The molecule has 20 heavy (non-hydrogen) atoms. The molecule has 0 aliphatic carbocycles. The number of nitrogens with zero attached hydrogens (tertiary/aromatic N) is 3. The van der Waals surface area contributed by atoms with Crippen LogP contribution in [0, 0.1) is 6.92 Å². The predicted octanol–water partition coefficient (Wildman–Crippen LogP) is 2.37. The monoisotopic (exact) mass is 272 g/mol. The van der Waals surface area contributed by atoms with Crippen LogP contribution in [0.2, 0.25) is 0 Å². The van der Waals surface area contributed by atoms with E-state index in [1.54, 1.807) is 27.9 Å². The fourth-order valence-electron chi connectivity index (χ4n) is 2.18. The van der Waals surface area contributed by atoms with Gasteiger partial charge in [0, 0.05) is 31.2 Å². The number of anilines is 2. The van der Waals surface area contributed by atoms with Gasteiger partial charge in [-0.1, -0.05) is 6.92 Å². The number of hydrogen-bond donors (Lipinski definition) is 1. The summed E-state index contributed by atoms with van der Waals surface area (Å²) < 4.78 is 1.66. The van der Waals surface area contributed by atoms with Gasteiger partial charge in [0.2, 0.25) is 0 Å². The Morgan fingerprint density at radius 3 is 2.50 bits per heavy atom. The molecule has 2 N–H and O–H groups in total. The van der Waals surface area contributed by atoms with Crippen LogP contribution in [0.1, 0.15) is 29.4 Å². The molecule has 0 fully saturated rings. The first-order chi connectivity index (χ1) is 9.52. The van der Waals surface area contributed by atoms with Gasteiger partial charge in [-0.25, -0.2) is 0 Å². The molecule has 1 aromatic heterocycles. The number of amides is 1. The van der Waals surface area contributed by atoms with Crippen LogP contribution in [0.3, 0.4) is 0 Å². The minimum atomic E-state index is -0.0257. The number of rotatable bonds is 4. The molecule has 0 saturated carbocycles. The molecule has 0 atom stereocenters. The molecular formula is C15H20N4O. The molecule has 1 heterocycles. The average molecular weight is 272 g/mol. The van der Waals surface area contributed by atoms with E-state index in [9.17, 15) is 4.79 Å². The number of aromatic nitrogens is 2. The van der Waals surface area contributed by atoms with E-state index in [4.69, 9.17) is 5.73 Å². The van der Waals surface area contributed by atoms with Crippen LogP contribution in [0.4, 0.5) is 11.4 Å². The lowest BCUT2D eigenvalue weighted by atomic mass is 10.2. The number of carbonyl (C=O) groups is 1. The van der Waals surface area contributed by atoms with Crippen LogP contribution in [-0.2, 0) is 7.05 Å². The highest BCUT2D eigenvalue weighted by Crippen LogP contribution is 2.20. The van der Waals surface area contributed by atoms with Gasteiger partial charge in [0.25, 0.3) is 5.91 Å². The number of aryl methyl sites for hydroxylation is 2. The highest BCUT2D eigenvalue weighted by atomic mass is 16.2. The van der Waals surface area contributed by atoms with Crippen molar-refractivity contribution in [3.63, 3.8) is 0 Å². The third-order valence-corrected chi connectivity index (χ3v) is 3.14. The Balaban J connectivity index is 2.35. The van der Waals surface area contributed by atoms with Gasteiger partial charge < -0.3 is 10.6 Å². The minimum absolute atomic E-state index is 0.0257. The van der Waals surface area contributed by atoms with Crippen LogP contribution < -0.4 is 10.6 Å². The zero-order valence-electron chi connectivity index (χ0n) is 12.1. The largest absolute Gasteiger partial charge is 0.399 e. The Kier molecular flexibility index (Phi) is 4.08. The SMILES string of the molecule is CCCN(C(=O)c1cn(C)nc1C)c1ccc(N)cc1. The summed E-state index contributed by atoms with van der Waals surface area (Å²) in [5.41, 5.74) is 8.63. The topological polar surface area (TPSA) is 64.2 Å². The first kappa shape index (κ1) is 14.1. The minimum Gasteiger partial charge on any atom is -0.399 e. The first-order valence-electron chi connectivity index (χ1n) is 6.70. The molecule has 2 aromatic rings. The lowest BCUT2D eigenvalue weighted by Crippen LogP contribution is -2.31. The van der Waals surface area contributed by atoms with Crippen molar-refractivity contribution in [3.05, 3.63) is 41.7 Å². The van der Waals surface area contributed by atoms with Gasteiger partial charge in [0.1, 0.15) is 0 Å². The Labute approximate surface area is 119 Å². The van der Waals surface area contributed by atoms with E-state index in [2.05, 4.69) is 5.10 Å². The van der Waals surface area contributed by atoms with E-state index in [0.717, 1.165) is 17.8 Å². The van der Waals surface area contributed by atoms with Gasteiger partial charge >= 0.3 is 0 Å². The van der Waals surface area contributed by atoms with Crippen LogP contribution in [0.15, 0.2) is 30.5 Å². The number of benzene rings is 1. The van der Waals surface area contributed by atoms with Crippen LogP contribution in [-0.4, -0.2) is 22.2 Å². The molecule has 2 rings (SSSR count). The Hall–Kier alpha value is -2.30. The summed E-state index contributed by atoms with van der Waals surface area (Å²) in [6, 6.07) is 7.35. The van der Waals surface area contributed by atoms with Crippen molar-refractivity contribution in [2.24, 2.45) is 7.05 Å². The van der Waals surface area contributed by atoms with Crippen LogP contribution in [0.5, 0.6) is 0 Å². The molecule has 106 valence electrons. The third-order valence-electron chi connectivity index (χ3n) is 3.14. The number of nitrogens with two attached hydrogens (primary N) is 1. The van der Waals surface area contributed by atoms with Gasteiger partial charge in [-0.2, -0.15) is 5.10 Å². The second-order valence-electron chi connectivity index (χ2n) is 4.85. The van der Waals surface area contributed by atoms with Gasteiger partial charge in [0.15, 0.2) is 0 Å². The van der Waals surface area contributed by atoms with Crippen molar-refractivity contribution in [3.8, 4) is 0 Å². The van der Waals surface area contributed by atoms with E-state index in [0.29, 0.717) is 17.8 Å². The zero-order valence-corrected chi connectivity index (χ0v) is 12.1. The maximum Gasteiger partial charge on any atom is 0.261 e. The molecule has 1 amide bonds. The second kappa shape index (κ2) is 5.77. The lowest BCUT2D eigenvalue weighted by molar-refractivity contribution is 0.0986. The molecule has 0 spiro atoms. The summed E-state index contributed by atoms with van der Waals surface area (Å²) in [5.74, 6) is -0.0257. The summed E-state index contributed by atoms with van der Waals surface area (Å²) in [6.07, 6.45) is 2.65. The van der Waals surface area contributed by atoms with Crippen molar-refractivity contribution >= 4 is 17.3 Å². The summed E-state index contributed by atoms with van der Waals surface area (Å²) >= 11 is 0. The van der Waals surface area contributed by atoms with Crippen molar-refractivity contribution in [1.29, 1.82) is 0 Å². The van der Waals surface area contributed by atoms with Crippen molar-refractivity contribution < 1.29 is 4.79 Å². The van der Waals surface area contributed by atoms with Crippen LogP contribution >= 0.6 is 0 Å². The molecular weight excluding hydrogens is 252 g/mol. The van der Waals surface area contributed by atoms with Crippen molar-refractivity contribution in [1.82, 2.24) is 9.78 Å². The maximum atomic E-state index is 12.7. The van der Waals surface area contributed by atoms with Gasteiger partial charge in [-0.05, 0) is 37.6 Å². The molecule has 1 aromatic carbocycles. The molecule has 0 aliphatic rings. The highest BCUT2D eigenvalue weighted by Gasteiger charge is 2.20. The highest BCUT2D eigenvalue weighted by molar-refractivity contribution is 6.06. The fraction of sp³-hybridized carbons (Fsp3) is 0.333. The normalized spacial score (nSPS) is 10.6. The van der Waals surface area contributed by atoms with E-state index in [1.165, 1.54) is 0 Å². The van der Waals surface area contributed by atoms with Gasteiger partial charge in [-0.15, -0.1) is 0 Å². The zero-order chi connectivity index (χ0) is 14.7. The fourth-order valence-corrected chi connectivity index (χ4v) is 2.18. The van der Waals surface area contributed by atoms with Crippen LogP contribution in [0.25, 0.3) is 0 Å². The number of nitrogen functional groups attached to an aromatic ring is 1. The Bertz CT molecular complexity index is 601. The standard InChI is InChI=1S/C15H20N4O/c1-4-9-19(13-7-5-12(16)6-8-13)15(20)14-10-18(3)17-11(14)2/h5-8,10H,4,9,16H2,1-3H3. The smallest absolute Gasteiger partial charge is 0.261 e. The molecule has 0 unspecified atom stereocenters. The van der Waals surface area contributed by atoms with E-state index < -0.39 is 0 Å². The summed E-state index contributed by atoms with van der Waals surface area (Å²) in [7, 11) is 1.82. The van der Waals surface area contributed by atoms with Gasteiger partial charge in [0.05, 0.1) is 11.3 Å². The summed E-state index contributed by atoms with van der Waals surface area (Å²) in [5, 5.41) is 4.23. The average Bonchev–Trinajstić information content (AvgIpc) is 2.75. The predicted molar refractivity (Wildman–Crippen MR) is 80.8 cm³/mol. The van der Waals surface area contributed by atoms with Crippen molar-refractivity contribution in [2.45, 2.75) is 20.3 Å². The molecule has 0 aliphatic heterocycles. The molecule has 0 bridgehead atoms. The lowest BCUT2D eigenvalue weighted by Gasteiger charge is -2.22. The van der Waals surface area contributed by atoms with E-state index in [-0.39, 0.29) is 5.91 Å². The molecule has 5 heteroatoms. The van der Waals surface area contributed by atoms with Crippen molar-refractivity contribution in [2.75, 3.05) is 17.2 Å². The summed E-state index contributed by atoms with van der Waals surface area (Å²) in [6.45, 7) is 4.56. The quantitative estimate of drug-likeness (QED) is 0.869. The Morgan fingerprint density at radius 2 is 2.00 bits per heavy atom. The maximum absolute atomic E-state index is 12.7. The first-order valence-corrected chi connectivity index (χ1v) is 6.70.